The first-order chi connectivity index (χ1) is 11.5. The van der Waals surface area contributed by atoms with Gasteiger partial charge in [0.2, 0.25) is 5.91 Å². The molecule has 1 rings (SSSR count). The largest absolute Gasteiger partial charge is 0.396 e. The van der Waals surface area contributed by atoms with Crippen LogP contribution in [0, 0.1) is 11.8 Å². The molecule has 1 aliphatic heterocycles. The maximum Gasteiger partial charge on any atom is 0.315 e. The second kappa shape index (κ2) is 11.3. The number of aliphatic hydroxyl groups is 1. The predicted octanol–water partition coefficient (Wildman–Crippen LogP) is 0.968. The van der Waals surface area contributed by atoms with Crippen molar-refractivity contribution in [3.63, 3.8) is 0 Å². The molecule has 1 heterocycles. The molecule has 0 bridgehead atoms. The number of urea groups is 1. The summed E-state index contributed by atoms with van der Waals surface area (Å²) in [6.07, 6.45) is 2.99. The van der Waals surface area contributed by atoms with Gasteiger partial charge in [-0.1, -0.05) is 13.8 Å². The number of ether oxygens (including phenoxy) is 1. The van der Waals surface area contributed by atoms with E-state index >= 15 is 0 Å². The molecule has 1 atom stereocenters. The molecule has 0 aromatic heterocycles. The summed E-state index contributed by atoms with van der Waals surface area (Å²) in [5.41, 5.74) is 0. The molecule has 0 radical (unpaired) electrons. The molecule has 1 aliphatic rings. The number of nitrogens with one attached hydrogen (secondary N) is 2. The molecule has 3 N–H and O–H groups in total. The number of methoxy groups -OCH3 is 1. The van der Waals surface area contributed by atoms with Crippen molar-refractivity contribution in [2.24, 2.45) is 11.8 Å². The van der Waals surface area contributed by atoms with Gasteiger partial charge >= 0.3 is 6.03 Å². The number of hydrogen-bond donors (Lipinski definition) is 3. The van der Waals surface area contributed by atoms with Crippen molar-refractivity contribution >= 4 is 11.9 Å². The highest BCUT2D eigenvalue weighted by Gasteiger charge is 2.29. The Morgan fingerprint density at radius 3 is 2.50 bits per heavy atom. The minimum atomic E-state index is -0.502. The first-order valence-electron chi connectivity index (χ1n) is 8.90. The zero-order chi connectivity index (χ0) is 17.9. The predicted molar refractivity (Wildman–Crippen MR) is 92.7 cm³/mol. The van der Waals surface area contributed by atoms with Gasteiger partial charge in [-0.05, 0) is 37.5 Å². The summed E-state index contributed by atoms with van der Waals surface area (Å²) in [5.74, 6) is 0.574. The van der Waals surface area contributed by atoms with Gasteiger partial charge in [-0.25, -0.2) is 4.79 Å². The monoisotopic (exact) mass is 343 g/mol. The van der Waals surface area contributed by atoms with Crippen LogP contribution in [0.5, 0.6) is 0 Å². The van der Waals surface area contributed by atoms with Crippen molar-refractivity contribution in [2.45, 2.75) is 45.6 Å². The van der Waals surface area contributed by atoms with Crippen LogP contribution in [0.3, 0.4) is 0 Å². The average molecular weight is 343 g/mol. The lowest BCUT2D eigenvalue weighted by molar-refractivity contribution is -0.135. The SMILES string of the molecule is COCCCNC(=O)N[C@@H](CC(C)C)C(=O)N1CCC(CO)CC1. The lowest BCUT2D eigenvalue weighted by atomic mass is 9.96. The van der Waals surface area contributed by atoms with E-state index in [1.54, 1.807) is 7.11 Å². The van der Waals surface area contributed by atoms with Crippen molar-refractivity contribution in [1.29, 1.82) is 0 Å². The van der Waals surface area contributed by atoms with E-state index in [-0.39, 0.29) is 24.5 Å². The van der Waals surface area contributed by atoms with Crippen LogP contribution in [0.4, 0.5) is 4.79 Å². The minimum absolute atomic E-state index is 0.0212. The van der Waals surface area contributed by atoms with E-state index < -0.39 is 6.04 Å². The number of piperidine rings is 1. The molecule has 0 unspecified atom stereocenters. The van der Waals surface area contributed by atoms with Gasteiger partial charge in [0.05, 0.1) is 0 Å². The van der Waals surface area contributed by atoms with Gasteiger partial charge in [-0.3, -0.25) is 4.79 Å². The van der Waals surface area contributed by atoms with Crippen LogP contribution >= 0.6 is 0 Å². The van der Waals surface area contributed by atoms with E-state index in [9.17, 15) is 14.7 Å². The highest BCUT2D eigenvalue weighted by atomic mass is 16.5. The molecule has 0 spiro atoms. The van der Waals surface area contributed by atoms with Crippen LogP contribution in [0.15, 0.2) is 0 Å². The number of nitrogens with zero attached hydrogens (tertiary/aromatic N) is 1. The third-order valence-electron chi connectivity index (χ3n) is 4.31. The van der Waals surface area contributed by atoms with E-state index in [4.69, 9.17) is 4.74 Å². The van der Waals surface area contributed by atoms with Gasteiger partial charge in [-0.2, -0.15) is 0 Å². The molecular weight excluding hydrogens is 310 g/mol. The van der Waals surface area contributed by atoms with Gasteiger partial charge < -0.3 is 25.4 Å². The smallest absolute Gasteiger partial charge is 0.315 e. The Labute approximate surface area is 145 Å². The Hall–Kier alpha value is -1.34. The Bertz CT molecular complexity index is 382. The van der Waals surface area contributed by atoms with Crippen LogP contribution in [0.25, 0.3) is 0 Å². The Morgan fingerprint density at radius 1 is 1.29 bits per heavy atom. The average Bonchev–Trinajstić information content (AvgIpc) is 2.57. The summed E-state index contributed by atoms with van der Waals surface area (Å²) >= 11 is 0. The van der Waals surface area contributed by atoms with Crippen molar-refractivity contribution < 1.29 is 19.4 Å². The van der Waals surface area contributed by atoms with Crippen molar-refractivity contribution in [1.82, 2.24) is 15.5 Å². The number of carbonyl (C=O) groups excluding carboxylic acids is 2. The number of amides is 3. The van der Waals surface area contributed by atoms with E-state index in [2.05, 4.69) is 10.6 Å². The third-order valence-corrected chi connectivity index (χ3v) is 4.31. The Balaban J connectivity index is 2.51. The molecule has 140 valence electrons. The Kier molecular flexibility index (Phi) is 9.71. The summed E-state index contributed by atoms with van der Waals surface area (Å²) in [6.45, 7) is 6.66. The first-order valence-corrected chi connectivity index (χ1v) is 8.90. The van der Waals surface area contributed by atoms with Crippen LogP contribution in [0.1, 0.15) is 39.5 Å². The maximum atomic E-state index is 12.7. The number of rotatable bonds is 9. The van der Waals surface area contributed by atoms with Crippen LogP contribution in [-0.4, -0.2) is 67.9 Å². The second-order valence-electron chi connectivity index (χ2n) is 6.88. The second-order valence-corrected chi connectivity index (χ2v) is 6.88. The number of carbonyl (C=O) groups is 2. The molecule has 7 nitrogen and oxygen atoms in total. The highest BCUT2D eigenvalue weighted by molar-refractivity contribution is 5.87. The topological polar surface area (TPSA) is 90.9 Å². The van der Waals surface area contributed by atoms with E-state index in [1.165, 1.54) is 0 Å². The standard InChI is InChI=1S/C17H33N3O4/c1-13(2)11-15(19-17(23)18-7-4-10-24-3)16(22)20-8-5-14(12-21)6-9-20/h13-15,21H,4-12H2,1-3H3,(H2,18,19,23)/t15-/m0/s1. The van der Waals surface area contributed by atoms with Crippen molar-refractivity contribution in [3.8, 4) is 0 Å². The van der Waals surface area contributed by atoms with E-state index in [0.717, 1.165) is 19.3 Å². The van der Waals surface area contributed by atoms with Gasteiger partial charge in [0.15, 0.2) is 0 Å². The number of aliphatic hydroxyl groups excluding tert-OH is 1. The molecule has 24 heavy (non-hydrogen) atoms. The molecule has 1 saturated heterocycles. The Morgan fingerprint density at radius 2 is 1.96 bits per heavy atom. The quantitative estimate of drug-likeness (QED) is 0.544. The highest BCUT2D eigenvalue weighted by Crippen LogP contribution is 2.18. The van der Waals surface area contributed by atoms with Crippen LogP contribution in [-0.2, 0) is 9.53 Å². The molecule has 0 saturated carbocycles. The first kappa shape index (κ1) is 20.7. The lowest BCUT2D eigenvalue weighted by Crippen LogP contribution is -2.53. The molecule has 0 aromatic carbocycles. The fraction of sp³-hybridized carbons (Fsp3) is 0.882. The number of hydrogen-bond acceptors (Lipinski definition) is 4. The zero-order valence-corrected chi connectivity index (χ0v) is 15.2. The molecule has 1 fully saturated rings. The molecule has 0 aliphatic carbocycles. The van der Waals surface area contributed by atoms with E-state index in [1.807, 2.05) is 18.7 Å². The molecular formula is C17H33N3O4. The normalized spacial score (nSPS) is 17.0. The van der Waals surface area contributed by atoms with Crippen LogP contribution in [0.2, 0.25) is 0 Å². The molecule has 0 aromatic rings. The summed E-state index contributed by atoms with van der Waals surface area (Å²) in [7, 11) is 1.62. The van der Waals surface area contributed by atoms with Gasteiger partial charge in [0, 0.05) is 40.0 Å². The molecule has 7 heteroatoms. The minimum Gasteiger partial charge on any atom is -0.396 e. The summed E-state index contributed by atoms with van der Waals surface area (Å²) in [6, 6.07) is -0.812. The van der Waals surface area contributed by atoms with E-state index in [0.29, 0.717) is 38.6 Å². The van der Waals surface area contributed by atoms with Gasteiger partial charge in [0.1, 0.15) is 6.04 Å². The summed E-state index contributed by atoms with van der Waals surface area (Å²) in [5, 5.41) is 14.8. The summed E-state index contributed by atoms with van der Waals surface area (Å²) < 4.78 is 4.94. The number of likely N-dealkylation sites (tertiary alicyclic amines) is 1. The van der Waals surface area contributed by atoms with Gasteiger partial charge in [-0.15, -0.1) is 0 Å². The lowest BCUT2D eigenvalue weighted by Gasteiger charge is -2.34. The van der Waals surface area contributed by atoms with Crippen molar-refractivity contribution in [3.05, 3.63) is 0 Å². The fourth-order valence-corrected chi connectivity index (χ4v) is 2.88. The van der Waals surface area contributed by atoms with Crippen molar-refractivity contribution in [2.75, 3.05) is 40.0 Å². The zero-order valence-electron chi connectivity index (χ0n) is 15.2. The van der Waals surface area contributed by atoms with Gasteiger partial charge in [0.25, 0.3) is 0 Å². The summed E-state index contributed by atoms with van der Waals surface area (Å²) in [4.78, 5) is 26.6. The third kappa shape index (κ3) is 7.49. The fourth-order valence-electron chi connectivity index (χ4n) is 2.88. The molecule has 3 amide bonds. The van der Waals surface area contributed by atoms with Crippen LogP contribution < -0.4 is 10.6 Å². The maximum absolute atomic E-state index is 12.7.